The molecule has 0 radical (unpaired) electrons. The zero-order valence-corrected chi connectivity index (χ0v) is 13.0. The predicted molar refractivity (Wildman–Crippen MR) is 86.0 cm³/mol. The smallest absolute Gasteiger partial charge is 0.266 e. The Morgan fingerprint density at radius 1 is 1.39 bits per heavy atom. The summed E-state index contributed by atoms with van der Waals surface area (Å²) in [5.74, 6) is 0. The van der Waals surface area contributed by atoms with Crippen LogP contribution in [0.3, 0.4) is 0 Å². The lowest BCUT2D eigenvalue weighted by Crippen LogP contribution is -2.22. The molecule has 0 aliphatic carbocycles. The Morgan fingerprint density at radius 2 is 2.09 bits per heavy atom. The molecule has 0 aliphatic rings. The average Bonchev–Trinajstić information content (AvgIpc) is 2.48. The maximum atomic E-state index is 12.2. The van der Waals surface area contributed by atoms with Crippen LogP contribution in [-0.4, -0.2) is 15.8 Å². The van der Waals surface area contributed by atoms with Gasteiger partial charge in [0.15, 0.2) is 0 Å². The summed E-state index contributed by atoms with van der Waals surface area (Å²) in [6.07, 6.45) is 1.25. The highest BCUT2D eigenvalue weighted by Crippen LogP contribution is 2.20. The Bertz CT molecular complexity index is 926. The lowest BCUT2D eigenvalue weighted by molar-refractivity contribution is -0.384. The molecule has 1 aromatic carbocycles. The van der Waals surface area contributed by atoms with Gasteiger partial charge in [0.1, 0.15) is 11.6 Å². The summed E-state index contributed by atoms with van der Waals surface area (Å²) in [5, 5.41) is 24.1. The van der Waals surface area contributed by atoms with Crippen LogP contribution in [0.5, 0.6) is 0 Å². The number of benzene rings is 1. The summed E-state index contributed by atoms with van der Waals surface area (Å²) < 4.78 is 1.06. The summed E-state index contributed by atoms with van der Waals surface area (Å²) in [6.45, 7) is 3.33. The summed E-state index contributed by atoms with van der Waals surface area (Å²) in [7, 11) is 0. The van der Waals surface area contributed by atoms with Gasteiger partial charge in [-0.1, -0.05) is 11.6 Å². The number of aryl methyl sites for hydroxylation is 2. The number of pyridine rings is 1. The van der Waals surface area contributed by atoms with Gasteiger partial charge in [0, 0.05) is 28.4 Å². The van der Waals surface area contributed by atoms with Crippen LogP contribution >= 0.6 is 11.6 Å². The third-order valence-corrected chi connectivity index (χ3v) is 3.52. The SMILES string of the molecule is Cc1cc(C)n(/N=C/c2cc([N+](=O)[O-])ccc2Cl)c(=O)c1C#N. The van der Waals surface area contributed by atoms with E-state index in [0.29, 0.717) is 16.8 Å². The third-order valence-electron chi connectivity index (χ3n) is 3.17. The van der Waals surface area contributed by atoms with E-state index in [1.807, 2.05) is 6.07 Å². The number of nitro benzene ring substituents is 1. The Hall–Kier alpha value is -2.98. The topological polar surface area (TPSA) is 101 Å². The van der Waals surface area contributed by atoms with Crippen molar-refractivity contribution in [2.75, 3.05) is 0 Å². The average molecular weight is 331 g/mol. The summed E-state index contributed by atoms with van der Waals surface area (Å²) >= 11 is 5.98. The fourth-order valence-electron chi connectivity index (χ4n) is 2.02. The van der Waals surface area contributed by atoms with Crippen molar-refractivity contribution in [3.63, 3.8) is 0 Å². The van der Waals surface area contributed by atoms with E-state index in [4.69, 9.17) is 16.9 Å². The van der Waals surface area contributed by atoms with Crippen LogP contribution in [0.1, 0.15) is 22.4 Å². The fraction of sp³-hybridized carbons (Fsp3) is 0.133. The molecule has 0 saturated heterocycles. The monoisotopic (exact) mass is 330 g/mol. The second-order valence-electron chi connectivity index (χ2n) is 4.78. The van der Waals surface area contributed by atoms with Gasteiger partial charge in [-0.2, -0.15) is 10.4 Å². The molecule has 8 heteroatoms. The fourth-order valence-corrected chi connectivity index (χ4v) is 2.19. The quantitative estimate of drug-likeness (QED) is 0.490. The lowest BCUT2D eigenvalue weighted by atomic mass is 10.1. The van der Waals surface area contributed by atoms with Gasteiger partial charge in [-0.15, -0.1) is 0 Å². The summed E-state index contributed by atoms with van der Waals surface area (Å²) in [6, 6.07) is 7.41. The second kappa shape index (κ2) is 6.42. The van der Waals surface area contributed by atoms with E-state index < -0.39 is 10.5 Å². The second-order valence-corrected chi connectivity index (χ2v) is 5.19. The van der Waals surface area contributed by atoms with Gasteiger partial charge in [0.05, 0.1) is 11.1 Å². The minimum atomic E-state index is -0.553. The van der Waals surface area contributed by atoms with Crippen LogP contribution < -0.4 is 5.56 Å². The van der Waals surface area contributed by atoms with E-state index >= 15 is 0 Å². The Kier molecular flexibility index (Phi) is 4.57. The highest BCUT2D eigenvalue weighted by atomic mass is 35.5. The van der Waals surface area contributed by atoms with Crippen molar-refractivity contribution in [2.24, 2.45) is 5.10 Å². The standard InChI is InChI=1S/C15H11ClN4O3/c1-9-5-10(2)19(15(21)13(9)7-17)18-8-11-6-12(20(22)23)3-4-14(11)16/h3-6,8H,1-2H3/b18-8+. The van der Waals surface area contributed by atoms with E-state index in [-0.39, 0.29) is 16.3 Å². The van der Waals surface area contributed by atoms with Crippen LogP contribution in [-0.2, 0) is 0 Å². The largest absolute Gasteiger partial charge is 0.289 e. The molecule has 2 aromatic rings. The van der Waals surface area contributed by atoms with Gasteiger partial charge in [-0.25, -0.2) is 4.68 Å². The molecule has 1 aromatic heterocycles. The van der Waals surface area contributed by atoms with Gasteiger partial charge >= 0.3 is 0 Å². The zero-order chi connectivity index (χ0) is 17.1. The number of nitro groups is 1. The molecule has 116 valence electrons. The van der Waals surface area contributed by atoms with Gasteiger partial charge < -0.3 is 0 Å². The minimum absolute atomic E-state index is 0.00195. The van der Waals surface area contributed by atoms with Crippen LogP contribution in [0.15, 0.2) is 34.2 Å². The number of non-ortho nitro benzene ring substituents is 1. The molecule has 0 N–H and O–H groups in total. The number of nitriles is 1. The van der Waals surface area contributed by atoms with Crippen molar-refractivity contribution < 1.29 is 4.92 Å². The number of hydrogen-bond acceptors (Lipinski definition) is 5. The molecule has 0 saturated carbocycles. The van der Waals surface area contributed by atoms with Gasteiger partial charge in [-0.05, 0) is 31.5 Å². The maximum absolute atomic E-state index is 12.2. The van der Waals surface area contributed by atoms with Crippen LogP contribution in [0.25, 0.3) is 0 Å². The van der Waals surface area contributed by atoms with E-state index in [2.05, 4.69) is 5.10 Å². The van der Waals surface area contributed by atoms with E-state index in [1.165, 1.54) is 24.4 Å². The molecule has 0 amide bonds. The molecule has 2 rings (SSSR count). The first-order chi connectivity index (χ1) is 10.8. The van der Waals surface area contributed by atoms with E-state index in [9.17, 15) is 14.9 Å². The van der Waals surface area contributed by atoms with Crippen molar-refractivity contribution in [3.05, 3.63) is 72.1 Å². The molecule has 0 atom stereocenters. The first kappa shape index (κ1) is 16.4. The maximum Gasteiger partial charge on any atom is 0.289 e. The molecular weight excluding hydrogens is 320 g/mol. The van der Waals surface area contributed by atoms with Crippen LogP contribution in [0.2, 0.25) is 5.02 Å². The lowest BCUT2D eigenvalue weighted by Gasteiger charge is -2.06. The zero-order valence-electron chi connectivity index (χ0n) is 12.3. The molecule has 0 bridgehead atoms. The third kappa shape index (κ3) is 3.27. The summed E-state index contributed by atoms with van der Waals surface area (Å²) in [4.78, 5) is 22.5. The molecule has 7 nitrogen and oxygen atoms in total. The van der Waals surface area contributed by atoms with Crippen LogP contribution in [0, 0.1) is 35.3 Å². The number of hydrogen-bond donors (Lipinski definition) is 0. The Labute approximate surface area is 136 Å². The van der Waals surface area contributed by atoms with Gasteiger partial charge in [0.25, 0.3) is 11.2 Å². The summed E-state index contributed by atoms with van der Waals surface area (Å²) in [5.41, 5.74) is 0.701. The normalized spacial score (nSPS) is 10.7. The van der Waals surface area contributed by atoms with Crippen molar-refractivity contribution in [1.29, 1.82) is 5.26 Å². The minimum Gasteiger partial charge on any atom is -0.266 e. The van der Waals surface area contributed by atoms with E-state index in [1.54, 1.807) is 19.9 Å². The number of nitrogens with zero attached hydrogens (tertiary/aromatic N) is 4. The molecule has 1 heterocycles. The van der Waals surface area contributed by atoms with Crippen molar-refractivity contribution >= 4 is 23.5 Å². The molecule has 0 spiro atoms. The van der Waals surface area contributed by atoms with Gasteiger partial charge in [0.2, 0.25) is 0 Å². The first-order valence-corrected chi connectivity index (χ1v) is 6.84. The Balaban J connectivity index is 2.54. The van der Waals surface area contributed by atoms with Crippen molar-refractivity contribution in [2.45, 2.75) is 13.8 Å². The van der Waals surface area contributed by atoms with Gasteiger partial charge in [-0.3, -0.25) is 14.9 Å². The van der Waals surface area contributed by atoms with E-state index in [0.717, 1.165) is 4.68 Å². The number of aromatic nitrogens is 1. The molecule has 0 fully saturated rings. The highest BCUT2D eigenvalue weighted by Gasteiger charge is 2.11. The molecule has 23 heavy (non-hydrogen) atoms. The van der Waals surface area contributed by atoms with Crippen molar-refractivity contribution in [1.82, 2.24) is 4.68 Å². The first-order valence-electron chi connectivity index (χ1n) is 6.46. The number of halogens is 1. The molecule has 0 unspecified atom stereocenters. The molecule has 0 aliphatic heterocycles. The number of rotatable bonds is 3. The van der Waals surface area contributed by atoms with Crippen LogP contribution in [0.4, 0.5) is 5.69 Å². The molecular formula is C15H11ClN4O3. The van der Waals surface area contributed by atoms with Crippen molar-refractivity contribution in [3.8, 4) is 6.07 Å². The Morgan fingerprint density at radius 3 is 2.70 bits per heavy atom. The highest BCUT2D eigenvalue weighted by molar-refractivity contribution is 6.33. The predicted octanol–water partition coefficient (Wildman–Crippen LogP) is 2.78.